The predicted molar refractivity (Wildman–Crippen MR) is 159 cm³/mol. The lowest BCUT2D eigenvalue weighted by atomic mass is 9.88. The minimum Gasteiger partial charge on any atom is -0.369 e. The van der Waals surface area contributed by atoms with Crippen LogP contribution in [-0.2, 0) is 14.6 Å². The summed E-state index contributed by atoms with van der Waals surface area (Å²) in [6.45, 7) is 0.995. The topological polar surface area (TPSA) is 132 Å². The fourth-order valence-corrected chi connectivity index (χ4v) is 6.49. The van der Waals surface area contributed by atoms with E-state index in [1.807, 2.05) is 30.3 Å². The van der Waals surface area contributed by atoms with Gasteiger partial charge in [0.1, 0.15) is 17.0 Å². The number of nitriles is 2. The maximum absolute atomic E-state index is 14.2. The van der Waals surface area contributed by atoms with Crippen LogP contribution >= 0.6 is 0 Å². The zero-order chi connectivity index (χ0) is 29.7. The number of halogens is 1. The van der Waals surface area contributed by atoms with Crippen LogP contribution in [0.25, 0.3) is 16.8 Å². The first-order valence-electron chi connectivity index (χ1n) is 14.2. The zero-order valence-electron chi connectivity index (χ0n) is 23.3. The third kappa shape index (κ3) is 6.97. The SMILES string of the molecule is N#CC1(NC(=O)C2CCCCC2)CC1.N#Cc1ccc(-n2cc(-c3ccc(N4CCS(=O)(=O)CC4)cc3)cn2)c(F)c1.[HH]. The lowest BCUT2D eigenvalue weighted by Gasteiger charge is -2.28. The van der Waals surface area contributed by atoms with Gasteiger partial charge in [-0.05, 0) is 61.6 Å². The van der Waals surface area contributed by atoms with E-state index < -0.39 is 21.2 Å². The van der Waals surface area contributed by atoms with E-state index in [0.717, 1.165) is 55.3 Å². The van der Waals surface area contributed by atoms with Crippen LogP contribution in [-0.4, -0.2) is 54.2 Å². The van der Waals surface area contributed by atoms with Gasteiger partial charge in [-0.25, -0.2) is 17.5 Å². The summed E-state index contributed by atoms with van der Waals surface area (Å²) >= 11 is 0. The summed E-state index contributed by atoms with van der Waals surface area (Å²) < 4.78 is 38.8. The van der Waals surface area contributed by atoms with Gasteiger partial charge in [-0.2, -0.15) is 15.6 Å². The number of hydrogen-bond donors (Lipinski definition) is 1. The lowest BCUT2D eigenvalue weighted by molar-refractivity contribution is -0.126. The third-order valence-electron chi connectivity index (χ3n) is 8.12. The quantitative estimate of drug-likeness (QED) is 0.453. The fourth-order valence-electron chi connectivity index (χ4n) is 5.29. The van der Waals surface area contributed by atoms with Crippen molar-refractivity contribution in [3.05, 3.63) is 66.2 Å². The molecule has 0 atom stereocenters. The first kappa shape index (κ1) is 29.3. The van der Waals surface area contributed by atoms with Gasteiger partial charge in [0.25, 0.3) is 0 Å². The van der Waals surface area contributed by atoms with E-state index in [9.17, 15) is 17.6 Å². The summed E-state index contributed by atoms with van der Waals surface area (Å²) in [4.78, 5) is 13.8. The first-order valence-corrected chi connectivity index (χ1v) is 16.1. The Morgan fingerprint density at radius 3 is 2.31 bits per heavy atom. The number of nitrogens with zero attached hydrogens (tertiary/aromatic N) is 5. The normalized spacial score (nSPS) is 19.0. The van der Waals surface area contributed by atoms with E-state index >= 15 is 0 Å². The molecule has 0 bridgehead atoms. The molecule has 1 aromatic heterocycles. The van der Waals surface area contributed by atoms with Crippen molar-refractivity contribution in [2.24, 2.45) is 5.92 Å². The Labute approximate surface area is 247 Å². The Bertz CT molecular complexity index is 1620. The highest BCUT2D eigenvalue weighted by Gasteiger charge is 2.45. The number of anilines is 1. The number of benzene rings is 2. The van der Waals surface area contributed by atoms with Crippen molar-refractivity contribution in [3.8, 4) is 29.0 Å². The van der Waals surface area contributed by atoms with Gasteiger partial charge in [-0.3, -0.25) is 4.79 Å². The molecule has 0 unspecified atom stereocenters. The number of sulfone groups is 1. The van der Waals surface area contributed by atoms with E-state index in [0.29, 0.717) is 13.1 Å². The molecule has 2 saturated carbocycles. The highest BCUT2D eigenvalue weighted by Crippen LogP contribution is 2.35. The van der Waals surface area contributed by atoms with E-state index in [1.165, 1.54) is 23.2 Å². The molecule has 42 heavy (non-hydrogen) atoms. The Balaban J connectivity index is 0.000000238. The number of hydrogen-bond acceptors (Lipinski definition) is 7. The van der Waals surface area contributed by atoms with Gasteiger partial charge in [0.2, 0.25) is 5.91 Å². The molecule has 2 aromatic carbocycles. The van der Waals surface area contributed by atoms with Crippen molar-refractivity contribution in [1.29, 1.82) is 10.5 Å². The summed E-state index contributed by atoms with van der Waals surface area (Å²) in [5.74, 6) is 0.137. The van der Waals surface area contributed by atoms with Crippen molar-refractivity contribution >= 4 is 21.4 Å². The van der Waals surface area contributed by atoms with Gasteiger partial charge in [-0.15, -0.1) is 0 Å². The van der Waals surface area contributed by atoms with Crippen molar-refractivity contribution in [2.45, 2.75) is 50.5 Å². The summed E-state index contributed by atoms with van der Waals surface area (Å²) in [6.07, 6.45) is 10.7. The molecule has 6 rings (SSSR count). The molecule has 2 aliphatic carbocycles. The van der Waals surface area contributed by atoms with E-state index in [2.05, 4.69) is 21.4 Å². The van der Waals surface area contributed by atoms with Gasteiger partial charge in [-0.1, -0.05) is 31.4 Å². The van der Waals surface area contributed by atoms with Gasteiger partial charge in [0, 0.05) is 37.9 Å². The van der Waals surface area contributed by atoms with E-state index in [4.69, 9.17) is 10.5 Å². The average molecular weight is 591 g/mol. The van der Waals surface area contributed by atoms with Crippen molar-refractivity contribution in [3.63, 3.8) is 0 Å². The Hall–Kier alpha value is -4.22. The van der Waals surface area contributed by atoms with Crippen LogP contribution in [0.4, 0.5) is 10.1 Å². The molecule has 3 aromatic rings. The second-order valence-corrected chi connectivity index (χ2v) is 13.5. The Kier molecular flexibility index (Phi) is 8.60. The third-order valence-corrected chi connectivity index (χ3v) is 9.73. The number of aromatic nitrogens is 2. The summed E-state index contributed by atoms with van der Waals surface area (Å²) in [5.41, 5.74) is 2.79. The molecule has 1 N–H and O–H groups in total. The van der Waals surface area contributed by atoms with E-state index in [1.54, 1.807) is 18.5 Å². The number of amides is 1. The highest BCUT2D eigenvalue weighted by atomic mass is 32.2. The van der Waals surface area contributed by atoms with Gasteiger partial charge < -0.3 is 10.2 Å². The molecule has 0 spiro atoms. The monoisotopic (exact) mass is 590 g/mol. The molecule has 9 nitrogen and oxygen atoms in total. The molecule has 3 aliphatic rings. The van der Waals surface area contributed by atoms with Crippen molar-refractivity contribution in [2.75, 3.05) is 29.5 Å². The molecule has 0 radical (unpaired) electrons. The van der Waals surface area contributed by atoms with E-state index in [-0.39, 0.29) is 36.0 Å². The minimum atomic E-state index is -2.91. The van der Waals surface area contributed by atoms with Gasteiger partial charge >= 0.3 is 0 Å². The van der Waals surface area contributed by atoms with Crippen molar-refractivity contribution < 1.29 is 19.0 Å². The summed E-state index contributed by atoms with van der Waals surface area (Å²) in [7, 11) is -2.91. The molecule has 3 fully saturated rings. The molecule has 1 amide bonds. The predicted octanol–water partition coefficient (Wildman–Crippen LogP) is 4.77. The maximum atomic E-state index is 14.2. The van der Waals surface area contributed by atoms with Crippen molar-refractivity contribution in [1.82, 2.24) is 15.1 Å². The van der Waals surface area contributed by atoms with Crippen LogP contribution in [0.3, 0.4) is 0 Å². The lowest BCUT2D eigenvalue weighted by Crippen LogP contribution is -2.40. The number of carbonyl (C=O) groups excluding carboxylic acids is 1. The molecular formula is C31H35FN6O3S. The van der Waals surface area contributed by atoms with Gasteiger partial charge in [0.05, 0.1) is 35.4 Å². The fraction of sp³-hybridized carbons (Fsp3) is 0.419. The van der Waals surface area contributed by atoms with Crippen LogP contribution in [0.5, 0.6) is 0 Å². The molecule has 2 heterocycles. The van der Waals surface area contributed by atoms with Gasteiger partial charge in [0.15, 0.2) is 9.84 Å². The standard InChI is InChI=1S/C20H17FN4O2S.C11H16N2O.H2/c21-19-11-15(12-22)1-6-20(19)25-14-17(13-23-25)16-2-4-18(5-3-16)24-7-9-28(26,27)10-8-24;12-8-11(6-7-11)13-10(14)9-4-2-1-3-5-9;/h1-6,11,13-14H,7-10H2;9H,1-7H2,(H,13,14);1H. The van der Waals surface area contributed by atoms with Crippen LogP contribution in [0.2, 0.25) is 0 Å². The zero-order valence-corrected chi connectivity index (χ0v) is 24.1. The van der Waals surface area contributed by atoms with Crippen LogP contribution in [0, 0.1) is 34.4 Å². The van der Waals surface area contributed by atoms with Crippen LogP contribution in [0.15, 0.2) is 54.9 Å². The number of carbonyl (C=O) groups is 1. The number of nitrogens with one attached hydrogen (secondary N) is 1. The molecule has 11 heteroatoms. The second-order valence-electron chi connectivity index (χ2n) is 11.2. The molecule has 1 saturated heterocycles. The molecule has 1 aliphatic heterocycles. The highest BCUT2D eigenvalue weighted by molar-refractivity contribution is 7.91. The molecule has 220 valence electrons. The Morgan fingerprint density at radius 2 is 1.71 bits per heavy atom. The summed E-state index contributed by atoms with van der Waals surface area (Å²) in [6, 6.07) is 16.1. The maximum Gasteiger partial charge on any atom is 0.224 e. The largest absolute Gasteiger partial charge is 0.369 e. The second kappa shape index (κ2) is 12.3. The Morgan fingerprint density at radius 1 is 1.02 bits per heavy atom. The average Bonchev–Trinajstić information content (AvgIpc) is 3.61. The molecular weight excluding hydrogens is 555 g/mol. The minimum absolute atomic E-state index is 0. The van der Waals surface area contributed by atoms with Crippen LogP contribution < -0.4 is 10.2 Å². The summed E-state index contributed by atoms with van der Waals surface area (Å²) in [5, 5.41) is 24.8. The first-order chi connectivity index (χ1) is 20.2. The smallest absolute Gasteiger partial charge is 0.224 e. The number of rotatable bonds is 5. The van der Waals surface area contributed by atoms with Crippen LogP contribution in [0.1, 0.15) is 51.9 Å².